The molecule has 246 valence electrons. The van der Waals surface area contributed by atoms with E-state index in [-0.39, 0.29) is 30.8 Å². The van der Waals surface area contributed by atoms with Crippen LogP contribution >= 0.6 is 11.6 Å². The lowest BCUT2D eigenvalue weighted by Crippen LogP contribution is -2.56. The molecule has 4 aromatic carbocycles. The van der Waals surface area contributed by atoms with Crippen LogP contribution in [0.2, 0.25) is 5.02 Å². The van der Waals surface area contributed by atoms with Crippen LogP contribution in [0.4, 0.5) is 0 Å². The van der Waals surface area contributed by atoms with Crippen LogP contribution in [0, 0.1) is 0 Å². The van der Waals surface area contributed by atoms with E-state index in [9.17, 15) is 14.7 Å². The number of esters is 2. The molecular formula is C38H40ClNO7. The van der Waals surface area contributed by atoms with Gasteiger partial charge in [-0.3, -0.25) is 0 Å². The summed E-state index contributed by atoms with van der Waals surface area (Å²) in [5.41, 5.74) is 3.85. The Hall–Kier alpha value is -4.37. The van der Waals surface area contributed by atoms with Gasteiger partial charge in [0.2, 0.25) is 0 Å². The van der Waals surface area contributed by atoms with Crippen molar-refractivity contribution in [2.75, 3.05) is 19.8 Å². The average Bonchev–Trinajstić information content (AvgIpc) is 3.49. The molecule has 0 unspecified atom stereocenters. The minimum Gasteiger partial charge on any atom is -0.459 e. The third kappa shape index (κ3) is 9.35. The molecule has 0 spiro atoms. The van der Waals surface area contributed by atoms with Crippen LogP contribution in [0.3, 0.4) is 0 Å². The number of halogens is 1. The molecule has 0 aliphatic carbocycles. The van der Waals surface area contributed by atoms with Crippen LogP contribution in [0.5, 0.6) is 11.5 Å². The number of nitrogens with one attached hydrogen (secondary N) is 1. The quantitative estimate of drug-likeness (QED) is 0.0809. The first kappa shape index (κ1) is 34.0. The van der Waals surface area contributed by atoms with Crippen molar-refractivity contribution in [3.63, 3.8) is 0 Å². The summed E-state index contributed by atoms with van der Waals surface area (Å²) >= 11 is 6.06. The van der Waals surface area contributed by atoms with Gasteiger partial charge in [-0.1, -0.05) is 90.5 Å². The number of hydrogen-bond donors (Lipinski definition) is 2. The van der Waals surface area contributed by atoms with Gasteiger partial charge in [-0.2, -0.15) is 0 Å². The summed E-state index contributed by atoms with van der Waals surface area (Å²) in [4.78, 5) is 27.0. The number of aryl methyl sites for hydroxylation is 2. The summed E-state index contributed by atoms with van der Waals surface area (Å²) in [7, 11) is 0. The molecule has 0 radical (unpaired) electrons. The smallest absolute Gasteiger partial charge is 0.453 e. The van der Waals surface area contributed by atoms with Crippen LogP contribution < -0.4 is 14.8 Å². The Bertz CT molecular complexity index is 1560. The summed E-state index contributed by atoms with van der Waals surface area (Å²) in [6.45, 7) is 2.49. The molecule has 9 heteroatoms. The fraction of sp³-hybridized carbons (Fsp3) is 0.316. The Morgan fingerprint density at radius 2 is 1.36 bits per heavy atom. The molecule has 2 N–H and O–H groups in total. The maximum atomic E-state index is 13.5. The van der Waals surface area contributed by atoms with Gasteiger partial charge in [-0.15, -0.1) is 0 Å². The van der Waals surface area contributed by atoms with Crippen molar-refractivity contribution in [3.8, 4) is 11.5 Å². The van der Waals surface area contributed by atoms with Crippen molar-refractivity contribution in [1.29, 1.82) is 0 Å². The van der Waals surface area contributed by atoms with Crippen LogP contribution in [0.1, 0.15) is 48.1 Å². The molecule has 1 heterocycles. The van der Waals surface area contributed by atoms with Crippen LogP contribution in [0.15, 0.2) is 103 Å². The number of carbonyl (C=O) groups is 2. The number of ether oxygens (including phenoxy) is 4. The number of aliphatic hydroxyl groups is 1. The Balaban J connectivity index is 1.20. The van der Waals surface area contributed by atoms with Gasteiger partial charge in [0.25, 0.3) is 0 Å². The summed E-state index contributed by atoms with van der Waals surface area (Å²) in [6, 6.07) is 32.1. The van der Waals surface area contributed by atoms with Crippen LogP contribution in [-0.4, -0.2) is 48.6 Å². The third-order valence-electron chi connectivity index (χ3n) is 7.86. The van der Waals surface area contributed by atoms with E-state index in [0.717, 1.165) is 22.3 Å². The first-order valence-electron chi connectivity index (χ1n) is 15.9. The number of hydrogen-bond acceptors (Lipinski definition) is 8. The van der Waals surface area contributed by atoms with Crippen molar-refractivity contribution in [1.82, 2.24) is 5.32 Å². The molecular weight excluding hydrogens is 618 g/mol. The molecule has 0 saturated heterocycles. The second-order valence-corrected chi connectivity index (χ2v) is 12.1. The van der Waals surface area contributed by atoms with E-state index >= 15 is 0 Å². The maximum Gasteiger partial charge on any atom is 0.453 e. The molecule has 8 nitrogen and oxygen atoms in total. The maximum absolute atomic E-state index is 13.5. The van der Waals surface area contributed by atoms with Gasteiger partial charge in [0.1, 0.15) is 0 Å². The minimum absolute atomic E-state index is 0.0156. The molecule has 4 aromatic rings. The lowest BCUT2D eigenvalue weighted by molar-refractivity contribution is -0.202. The van der Waals surface area contributed by atoms with E-state index in [0.29, 0.717) is 43.7 Å². The number of fused-ring (bicyclic) bond motifs is 1. The van der Waals surface area contributed by atoms with E-state index in [4.69, 9.17) is 30.5 Å². The average molecular weight is 658 g/mol. The fourth-order valence-electron chi connectivity index (χ4n) is 5.36. The number of aliphatic hydroxyl groups excluding tert-OH is 1. The monoisotopic (exact) mass is 657 g/mol. The molecule has 0 bridgehead atoms. The van der Waals surface area contributed by atoms with Crippen molar-refractivity contribution >= 4 is 23.5 Å². The summed E-state index contributed by atoms with van der Waals surface area (Å²) in [5, 5.41) is 14.5. The van der Waals surface area contributed by atoms with E-state index in [1.54, 1.807) is 30.3 Å². The molecule has 2 atom stereocenters. The summed E-state index contributed by atoms with van der Waals surface area (Å²) < 4.78 is 23.0. The summed E-state index contributed by atoms with van der Waals surface area (Å²) in [6.07, 6.45) is 2.40. The van der Waals surface area contributed by atoms with Gasteiger partial charge in [0, 0.05) is 17.6 Å². The third-order valence-corrected chi connectivity index (χ3v) is 8.09. The molecule has 5 rings (SSSR count). The van der Waals surface area contributed by atoms with Gasteiger partial charge < -0.3 is 29.4 Å². The van der Waals surface area contributed by atoms with E-state index in [1.165, 1.54) is 0 Å². The number of rotatable bonds is 16. The molecule has 1 aliphatic heterocycles. The first-order chi connectivity index (χ1) is 22.8. The minimum atomic E-state index is -2.40. The van der Waals surface area contributed by atoms with Crippen molar-refractivity contribution in [2.45, 2.75) is 57.0 Å². The van der Waals surface area contributed by atoms with Crippen molar-refractivity contribution in [3.05, 3.63) is 130 Å². The predicted molar refractivity (Wildman–Crippen MR) is 179 cm³/mol. The molecule has 0 fully saturated rings. The molecule has 0 aromatic heterocycles. The molecule has 1 aliphatic rings. The molecule has 0 saturated carbocycles. The van der Waals surface area contributed by atoms with Crippen molar-refractivity contribution < 1.29 is 33.6 Å². The normalized spacial score (nSPS) is 14.3. The van der Waals surface area contributed by atoms with Gasteiger partial charge in [0.15, 0.2) is 11.5 Å². The van der Waals surface area contributed by atoms with E-state index in [2.05, 4.69) is 5.32 Å². The standard InChI is InChI=1S/C38H40ClNO7/c1-27(40-26-33(41)31-17-8-18-32(39)25-31)23-30-19-20-34-35(24-30)47-38(46-34,36(42)44-21-9-15-28-11-4-2-5-12-28)37(43)45-22-10-16-29-13-6-3-7-14-29/h2-8,11-14,17-20,24-25,27,33,40-41H,9-10,15-16,21-23,26H2,1H3/t27-,33+/m1/s1. The van der Waals surface area contributed by atoms with Gasteiger partial charge in [-0.05, 0) is 85.5 Å². The second kappa shape index (κ2) is 16.5. The van der Waals surface area contributed by atoms with Crippen molar-refractivity contribution in [2.24, 2.45) is 0 Å². The number of carbonyl (C=O) groups excluding carboxylic acids is 2. The molecule has 47 heavy (non-hydrogen) atoms. The Kier molecular flexibility index (Phi) is 11.9. The van der Waals surface area contributed by atoms with Crippen LogP contribution in [0.25, 0.3) is 0 Å². The highest BCUT2D eigenvalue weighted by Crippen LogP contribution is 2.41. The zero-order chi connectivity index (χ0) is 33.1. The van der Waals surface area contributed by atoms with E-state index < -0.39 is 23.8 Å². The zero-order valence-corrected chi connectivity index (χ0v) is 27.2. The Morgan fingerprint density at radius 3 is 1.96 bits per heavy atom. The fourth-order valence-corrected chi connectivity index (χ4v) is 5.55. The first-order valence-corrected chi connectivity index (χ1v) is 16.3. The van der Waals surface area contributed by atoms with Gasteiger partial charge in [-0.25, -0.2) is 9.59 Å². The molecule has 0 amide bonds. The van der Waals surface area contributed by atoms with Crippen LogP contribution in [-0.2, 0) is 38.3 Å². The van der Waals surface area contributed by atoms with E-state index in [1.807, 2.05) is 79.7 Å². The second-order valence-electron chi connectivity index (χ2n) is 11.6. The Morgan fingerprint density at radius 1 is 0.766 bits per heavy atom. The van der Waals surface area contributed by atoms with Gasteiger partial charge >= 0.3 is 17.7 Å². The Labute approximate surface area is 280 Å². The lowest BCUT2D eigenvalue weighted by atomic mass is 10.1. The highest BCUT2D eigenvalue weighted by atomic mass is 35.5. The SMILES string of the molecule is C[C@H](Cc1ccc2c(c1)OC(C(=O)OCCCc1ccccc1)(C(=O)OCCCc1ccccc1)O2)NC[C@H](O)c1cccc(Cl)c1. The largest absolute Gasteiger partial charge is 0.459 e. The highest BCUT2D eigenvalue weighted by molar-refractivity contribution is 6.30. The summed E-state index contributed by atoms with van der Waals surface area (Å²) in [5.74, 6) is -3.82. The predicted octanol–water partition coefficient (Wildman–Crippen LogP) is 6.41. The van der Waals surface area contributed by atoms with Gasteiger partial charge in [0.05, 0.1) is 19.3 Å². The topological polar surface area (TPSA) is 103 Å². The lowest BCUT2D eigenvalue weighted by Gasteiger charge is -2.23. The number of benzene rings is 4. The highest BCUT2D eigenvalue weighted by Gasteiger charge is 2.59. The zero-order valence-electron chi connectivity index (χ0n) is 26.4.